The molecule has 0 saturated heterocycles. The van der Waals surface area contributed by atoms with Crippen molar-refractivity contribution < 1.29 is 4.79 Å². The molecule has 0 spiro atoms. The molecule has 3 N–H and O–H groups in total. The Hall–Kier alpha value is -0.990. The molecule has 1 amide bonds. The molecule has 0 rings (SSSR count). The third kappa shape index (κ3) is 6.15. The fourth-order valence-electron chi connectivity index (χ4n) is 1.24. The minimum absolute atomic E-state index is 0.322. The summed E-state index contributed by atoms with van der Waals surface area (Å²) in [6.45, 7) is 9.11. The Morgan fingerprint density at radius 1 is 1.40 bits per heavy atom. The van der Waals surface area contributed by atoms with Crippen molar-refractivity contribution in [3.05, 3.63) is 11.3 Å². The molecule has 88 valence electrons. The van der Waals surface area contributed by atoms with E-state index in [1.165, 1.54) is 0 Å². The van der Waals surface area contributed by atoms with Crippen LogP contribution in [0.15, 0.2) is 11.3 Å². The first-order valence-corrected chi connectivity index (χ1v) is 5.72. The number of carbonyl (C=O) groups is 1. The second-order valence-electron chi connectivity index (χ2n) is 4.35. The van der Waals surface area contributed by atoms with Gasteiger partial charge in [0.15, 0.2) is 0 Å². The number of primary amides is 1. The number of nitrogens with one attached hydrogen (secondary N) is 1. The molecule has 0 aromatic rings. The SMILES string of the molecule is CCCC/C(NCC(C)C)=C(\C)C(N)=O. The van der Waals surface area contributed by atoms with Gasteiger partial charge in [-0.1, -0.05) is 27.2 Å². The average Bonchev–Trinajstić information content (AvgIpc) is 2.16. The van der Waals surface area contributed by atoms with E-state index in [1.54, 1.807) is 6.92 Å². The standard InChI is InChI=1S/C12H24N2O/c1-5-6-7-11(10(4)12(13)15)14-8-9(2)3/h9,14H,5-8H2,1-4H3,(H2,13,15)/b11-10-. The predicted molar refractivity (Wildman–Crippen MR) is 64.3 cm³/mol. The summed E-state index contributed by atoms with van der Waals surface area (Å²) >= 11 is 0. The highest BCUT2D eigenvalue weighted by atomic mass is 16.1. The fraction of sp³-hybridized carbons (Fsp3) is 0.750. The molecule has 3 nitrogen and oxygen atoms in total. The minimum Gasteiger partial charge on any atom is -0.388 e. The Morgan fingerprint density at radius 3 is 2.40 bits per heavy atom. The number of allylic oxidation sites excluding steroid dienone is 1. The molecular formula is C12H24N2O. The van der Waals surface area contributed by atoms with Crippen molar-refractivity contribution in [2.45, 2.75) is 47.0 Å². The predicted octanol–water partition coefficient (Wildman–Crippen LogP) is 2.18. The van der Waals surface area contributed by atoms with Gasteiger partial charge < -0.3 is 11.1 Å². The molecule has 0 aliphatic rings. The van der Waals surface area contributed by atoms with Gasteiger partial charge in [-0.05, 0) is 25.7 Å². The largest absolute Gasteiger partial charge is 0.388 e. The molecule has 3 heteroatoms. The van der Waals surface area contributed by atoms with E-state index < -0.39 is 0 Å². The second kappa shape index (κ2) is 7.32. The van der Waals surface area contributed by atoms with E-state index in [0.717, 1.165) is 31.5 Å². The highest BCUT2D eigenvalue weighted by Gasteiger charge is 2.07. The van der Waals surface area contributed by atoms with Crippen LogP contribution in [0.5, 0.6) is 0 Å². The van der Waals surface area contributed by atoms with E-state index >= 15 is 0 Å². The van der Waals surface area contributed by atoms with Crippen LogP contribution in [0.1, 0.15) is 47.0 Å². The minimum atomic E-state index is -0.322. The number of rotatable bonds is 7. The summed E-state index contributed by atoms with van der Waals surface area (Å²) in [5.74, 6) is 0.250. The summed E-state index contributed by atoms with van der Waals surface area (Å²) in [7, 11) is 0. The van der Waals surface area contributed by atoms with Crippen LogP contribution >= 0.6 is 0 Å². The van der Waals surface area contributed by atoms with E-state index in [0.29, 0.717) is 11.5 Å². The third-order valence-corrected chi connectivity index (χ3v) is 2.33. The van der Waals surface area contributed by atoms with E-state index in [1.807, 2.05) is 0 Å². The maximum absolute atomic E-state index is 11.1. The summed E-state index contributed by atoms with van der Waals surface area (Å²) < 4.78 is 0. The van der Waals surface area contributed by atoms with Crippen LogP contribution in [0.2, 0.25) is 0 Å². The molecular weight excluding hydrogens is 188 g/mol. The number of carbonyl (C=O) groups excluding carboxylic acids is 1. The van der Waals surface area contributed by atoms with Crippen LogP contribution in [0.25, 0.3) is 0 Å². The van der Waals surface area contributed by atoms with E-state index in [9.17, 15) is 4.79 Å². The first kappa shape index (κ1) is 14.0. The molecule has 0 unspecified atom stereocenters. The van der Waals surface area contributed by atoms with Crippen LogP contribution in [-0.4, -0.2) is 12.5 Å². The van der Waals surface area contributed by atoms with Crippen LogP contribution in [0.4, 0.5) is 0 Å². The van der Waals surface area contributed by atoms with Crippen LogP contribution in [-0.2, 0) is 4.79 Å². The van der Waals surface area contributed by atoms with Crippen LogP contribution in [0.3, 0.4) is 0 Å². The molecule has 0 bridgehead atoms. The molecule has 0 heterocycles. The lowest BCUT2D eigenvalue weighted by atomic mass is 10.1. The number of hydrogen-bond donors (Lipinski definition) is 2. The number of amides is 1. The molecule has 0 aliphatic carbocycles. The normalized spacial score (nSPS) is 12.6. The van der Waals surface area contributed by atoms with Gasteiger partial charge in [-0.2, -0.15) is 0 Å². The van der Waals surface area contributed by atoms with Crippen molar-refractivity contribution in [3.8, 4) is 0 Å². The lowest BCUT2D eigenvalue weighted by molar-refractivity contribution is -0.114. The van der Waals surface area contributed by atoms with Crippen molar-refractivity contribution in [2.75, 3.05) is 6.54 Å². The van der Waals surface area contributed by atoms with E-state index in [4.69, 9.17) is 5.73 Å². The highest BCUT2D eigenvalue weighted by Crippen LogP contribution is 2.10. The van der Waals surface area contributed by atoms with Gasteiger partial charge in [-0.15, -0.1) is 0 Å². The molecule has 0 aromatic carbocycles. The Kier molecular flexibility index (Phi) is 6.84. The first-order valence-electron chi connectivity index (χ1n) is 5.72. The number of hydrogen-bond acceptors (Lipinski definition) is 2. The molecule has 0 aliphatic heterocycles. The summed E-state index contributed by atoms with van der Waals surface area (Å²) in [6.07, 6.45) is 3.13. The maximum Gasteiger partial charge on any atom is 0.246 e. The van der Waals surface area contributed by atoms with Crippen molar-refractivity contribution >= 4 is 5.91 Å². The lowest BCUT2D eigenvalue weighted by Crippen LogP contribution is -2.24. The van der Waals surface area contributed by atoms with E-state index in [-0.39, 0.29) is 5.91 Å². The molecule has 0 fully saturated rings. The zero-order valence-electron chi connectivity index (χ0n) is 10.4. The Balaban J connectivity index is 4.43. The summed E-state index contributed by atoms with van der Waals surface area (Å²) in [4.78, 5) is 11.1. The van der Waals surface area contributed by atoms with Gasteiger partial charge in [0.05, 0.1) is 0 Å². The summed E-state index contributed by atoms with van der Waals surface area (Å²) in [5.41, 5.74) is 6.96. The molecule has 0 aromatic heterocycles. The number of unbranched alkanes of at least 4 members (excludes halogenated alkanes) is 1. The van der Waals surface area contributed by atoms with Gasteiger partial charge in [0, 0.05) is 17.8 Å². The van der Waals surface area contributed by atoms with Crippen molar-refractivity contribution in [3.63, 3.8) is 0 Å². The zero-order chi connectivity index (χ0) is 11.8. The Labute approximate surface area is 93.1 Å². The fourth-order valence-corrected chi connectivity index (χ4v) is 1.24. The van der Waals surface area contributed by atoms with Gasteiger partial charge in [-0.25, -0.2) is 0 Å². The first-order chi connectivity index (χ1) is 6.99. The summed E-state index contributed by atoms with van der Waals surface area (Å²) in [6, 6.07) is 0. The molecule has 0 atom stereocenters. The van der Waals surface area contributed by atoms with Crippen LogP contribution < -0.4 is 11.1 Å². The number of nitrogens with two attached hydrogens (primary N) is 1. The Morgan fingerprint density at radius 2 is 2.00 bits per heavy atom. The third-order valence-electron chi connectivity index (χ3n) is 2.33. The molecule has 0 saturated carbocycles. The molecule has 0 radical (unpaired) electrons. The van der Waals surface area contributed by atoms with Gasteiger partial charge in [0.2, 0.25) is 5.91 Å². The zero-order valence-corrected chi connectivity index (χ0v) is 10.4. The topological polar surface area (TPSA) is 55.1 Å². The summed E-state index contributed by atoms with van der Waals surface area (Å²) in [5, 5.41) is 3.31. The monoisotopic (exact) mass is 212 g/mol. The van der Waals surface area contributed by atoms with Gasteiger partial charge in [0.25, 0.3) is 0 Å². The van der Waals surface area contributed by atoms with Gasteiger partial charge in [0.1, 0.15) is 0 Å². The highest BCUT2D eigenvalue weighted by molar-refractivity contribution is 5.91. The van der Waals surface area contributed by atoms with Gasteiger partial charge >= 0.3 is 0 Å². The van der Waals surface area contributed by atoms with Crippen molar-refractivity contribution in [2.24, 2.45) is 11.7 Å². The Bertz CT molecular complexity index is 232. The smallest absolute Gasteiger partial charge is 0.246 e. The van der Waals surface area contributed by atoms with Crippen LogP contribution in [0, 0.1) is 5.92 Å². The van der Waals surface area contributed by atoms with E-state index in [2.05, 4.69) is 26.1 Å². The average molecular weight is 212 g/mol. The maximum atomic E-state index is 11.1. The van der Waals surface area contributed by atoms with Crippen molar-refractivity contribution in [1.82, 2.24) is 5.32 Å². The van der Waals surface area contributed by atoms with Gasteiger partial charge in [-0.3, -0.25) is 4.79 Å². The second-order valence-corrected chi connectivity index (χ2v) is 4.35. The molecule has 15 heavy (non-hydrogen) atoms. The lowest BCUT2D eigenvalue weighted by Gasteiger charge is -2.15. The van der Waals surface area contributed by atoms with Crippen molar-refractivity contribution in [1.29, 1.82) is 0 Å². The quantitative estimate of drug-likeness (QED) is 0.635.